The predicted molar refractivity (Wildman–Crippen MR) is 63.3 cm³/mol. The van der Waals surface area contributed by atoms with Gasteiger partial charge in [-0.1, -0.05) is 24.3 Å². The predicted octanol–water partition coefficient (Wildman–Crippen LogP) is 1.01. The van der Waals surface area contributed by atoms with Gasteiger partial charge in [0.2, 0.25) is 10.0 Å². The zero-order chi connectivity index (χ0) is 12.2. The molecule has 1 rings (SSSR count). The second-order valence-electron chi connectivity index (χ2n) is 4.01. The Bertz CT molecular complexity index is 423. The van der Waals surface area contributed by atoms with Gasteiger partial charge in [0.15, 0.2) is 0 Å². The average Bonchev–Trinajstić information content (AvgIpc) is 2.16. The minimum absolute atomic E-state index is 0.0305. The lowest BCUT2D eigenvalue weighted by atomic mass is 10.2. The van der Waals surface area contributed by atoms with E-state index in [-0.39, 0.29) is 18.4 Å². The van der Waals surface area contributed by atoms with Crippen LogP contribution < -0.4 is 4.72 Å². The van der Waals surface area contributed by atoms with Gasteiger partial charge in [0, 0.05) is 6.04 Å². The van der Waals surface area contributed by atoms with E-state index < -0.39 is 10.0 Å². The maximum absolute atomic E-state index is 11.6. The van der Waals surface area contributed by atoms with Crippen LogP contribution in [-0.2, 0) is 22.4 Å². The molecule has 5 heteroatoms. The summed E-state index contributed by atoms with van der Waals surface area (Å²) in [6, 6.07) is 6.78. The van der Waals surface area contributed by atoms with Crippen molar-refractivity contribution in [3.05, 3.63) is 35.4 Å². The fourth-order valence-electron chi connectivity index (χ4n) is 1.36. The smallest absolute Gasteiger partial charge is 0.216 e. The summed E-state index contributed by atoms with van der Waals surface area (Å²) in [5, 5.41) is 8.85. The van der Waals surface area contributed by atoms with Crippen LogP contribution >= 0.6 is 0 Å². The summed E-state index contributed by atoms with van der Waals surface area (Å²) in [6.07, 6.45) is 0. The summed E-state index contributed by atoms with van der Waals surface area (Å²) in [5.41, 5.74) is 1.49. The van der Waals surface area contributed by atoms with Crippen molar-refractivity contribution in [2.75, 3.05) is 0 Å². The van der Waals surface area contributed by atoms with Crippen molar-refractivity contribution in [1.29, 1.82) is 0 Å². The standard InChI is InChI=1S/C11H17NO3S/c1-9(2)12-16(14,15)8-11-5-3-10(7-13)4-6-11/h3-6,9,12-13H,7-8H2,1-2H3. The van der Waals surface area contributed by atoms with Crippen LogP contribution in [0.25, 0.3) is 0 Å². The van der Waals surface area contributed by atoms with Gasteiger partial charge in [-0.2, -0.15) is 0 Å². The normalized spacial score (nSPS) is 12.0. The highest BCUT2D eigenvalue weighted by Crippen LogP contribution is 2.08. The molecule has 0 unspecified atom stereocenters. The van der Waals surface area contributed by atoms with Crippen molar-refractivity contribution < 1.29 is 13.5 Å². The van der Waals surface area contributed by atoms with Crippen molar-refractivity contribution in [3.8, 4) is 0 Å². The average molecular weight is 243 g/mol. The summed E-state index contributed by atoms with van der Waals surface area (Å²) < 4.78 is 25.7. The number of nitrogens with one attached hydrogen (secondary N) is 1. The largest absolute Gasteiger partial charge is 0.392 e. The summed E-state index contributed by atoms with van der Waals surface area (Å²) in [7, 11) is -3.27. The zero-order valence-electron chi connectivity index (χ0n) is 9.47. The maximum atomic E-state index is 11.6. The third kappa shape index (κ3) is 4.30. The Balaban J connectivity index is 2.72. The van der Waals surface area contributed by atoms with E-state index in [4.69, 9.17) is 5.11 Å². The summed E-state index contributed by atoms with van der Waals surface area (Å²) in [4.78, 5) is 0. The molecule has 0 saturated carbocycles. The first-order valence-electron chi connectivity index (χ1n) is 5.11. The van der Waals surface area contributed by atoms with Crippen molar-refractivity contribution in [2.45, 2.75) is 32.2 Å². The van der Waals surface area contributed by atoms with E-state index in [0.29, 0.717) is 5.56 Å². The van der Waals surface area contributed by atoms with Crippen LogP contribution in [0.2, 0.25) is 0 Å². The molecular formula is C11H17NO3S. The van der Waals surface area contributed by atoms with Gasteiger partial charge in [0.1, 0.15) is 0 Å². The van der Waals surface area contributed by atoms with E-state index in [1.165, 1.54) is 0 Å². The molecule has 16 heavy (non-hydrogen) atoms. The van der Waals surface area contributed by atoms with Crippen LogP contribution in [-0.4, -0.2) is 19.6 Å². The van der Waals surface area contributed by atoms with Crippen molar-refractivity contribution in [1.82, 2.24) is 4.72 Å². The molecule has 0 spiro atoms. The highest BCUT2D eigenvalue weighted by atomic mass is 32.2. The van der Waals surface area contributed by atoms with Gasteiger partial charge in [-0.15, -0.1) is 0 Å². The molecule has 0 radical (unpaired) electrons. The molecule has 0 atom stereocenters. The van der Waals surface area contributed by atoms with Crippen LogP contribution in [0, 0.1) is 0 Å². The number of benzene rings is 1. The lowest BCUT2D eigenvalue weighted by molar-refractivity contribution is 0.282. The molecule has 1 aromatic carbocycles. The molecule has 90 valence electrons. The van der Waals surface area contributed by atoms with Crippen molar-refractivity contribution >= 4 is 10.0 Å². The van der Waals surface area contributed by atoms with Gasteiger partial charge >= 0.3 is 0 Å². The van der Waals surface area contributed by atoms with Gasteiger partial charge in [0.05, 0.1) is 12.4 Å². The minimum atomic E-state index is -3.27. The molecule has 0 aromatic heterocycles. The number of aliphatic hydroxyl groups excluding tert-OH is 1. The Morgan fingerprint density at radius 2 is 1.69 bits per heavy atom. The van der Waals surface area contributed by atoms with Crippen LogP contribution in [0.3, 0.4) is 0 Å². The zero-order valence-corrected chi connectivity index (χ0v) is 10.3. The van der Waals surface area contributed by atoms with Crippen LogP contribution in [0.4, 0.5) is 0 Å². The van der Waals surface area contributed by atoms with Crippen LogP contribution in [0.1, 0.15) is 25.0 Å². The van der Waals surface area contributed by atoms with Gasteiger partial charge < -0.3 is 5.11 Å². The third-order valence-electron chi connectivity index (χ3n) is 1.98. The number of hydrogen-bond acceptors (Lipinski definition) is 3. The molecule has 0 fully saturated rings. The Hall–Kier alpha value is -0.910. The first-order chi connectivity index (χ1) is 7.43. The van der Waals surface area contributed by atoms with Crippen LogP contribution in [0.5, 0.6) is 0 Å². The molecule has 0 aliphatic heterocycles. The highest BCUT2D eigenvalue weighted by Gasteiger charge is 2.12. The molecule has 0 heterocycles. The SMILES string of the molecule is CC(C)NS(=O)(=O)Cc1ccc(CO)cc1. The Morgan fingerprint density at radius 1 is 1.19 bits per heavy atom. The second kappa shape index (κ2) is 5.43. The van der Waals surface area contributed by atoms with Crippen molar-refractivity contribution in [3.63, 3.8) is 0 Å². The quantitative estimate of drug-likeness (QED) is 0.811. The van der Waals surface area contributed by atoms with E-state index in [1.54, 1.807) is 38.1 Å². The summed E-state index contributed by atoms with van der Waals surface area (Å²) in [6.45, 7) is 3.54. The summed E-state index contributed by atoms with van der Waals surface area (Å²) >= 11 is 0. The first-order valence-corrected chi connectivity index (χ1v) is 6.77. The number of rotatable bonds is 5. The van der Waals surface area contributed by atoms with E-state index in [0.717, 1.165) is 5.56 Å². The molecule has 0 aliphatic carbocycles. The molecule has 0 amide bonds. The van der Waals surface area contributed by atoms with Gasteiger partial charge in [-0.3, -0.25) is 0 Å². The van der Waals surface area contributed by atoms with Gasteiger partial charge in [-0.25, -0.2) is 13.1 Å². The first kappa shape index (κ1) is 13.2. The molecule has 0 aliphatic rings. The molecule has 2 N–H and O–H groups in total. The van der Waals surface area contributed by atoms with E-state index in [2.05, 4.69) is 4.72 Å². The minimum Gasteiger partial charge on any atom is -0.392 e. The maximum Gasteiger partial charge on any atom is 0.216 e. The van der Waals surface area contributed by atoms with Crippen molar-refractivity contribution in [2.24, 2.45) is 0 Å². The lowest BCUT2D eigenvalue weighted by Gasteiger charge is -2.09. The Morgan fingerprint density at radius 3 is 2.12 bits per heavy atom. The molecular weight excluding hydrogens is 226 g/mol. The van der Waals surface area contributed by atoms with Gasteiger partial charge in [0.25, 0.3) is 0 Å². The molecule has 1 aromatic rings. The third-order valence-corrected chi connectivity index (χ3v) is 3.52. The van der Waals surface area contributed by atoms with E-state index in [9.17, 15) is 8.42 Å². The number of hydrogen-bond donors (Lipinski definition) is 2. The lowest BCUT2D eigenvalue weighted by Crippen LogP contribution is -2.31. The fraction of sp³-hybridized carbons (Fsp3) is 0.455. The van der Waals surface area contributed by atoms with E-state index in [1.807, 2.05) is 0 Å². The fourth-order valence-corrected chi connectivity index (χ4v) is 2.79. The highest BCUT2D eigenvalue weighted by molar-refractivity contribution is 7.88. The van der Waals surface area contributed by atoms with E-state index >= 15 is 0 Å². The topological polar surface area (TPSA) is 66.4 Å². The van der Waals surface area contributed by atoms with Gasteiger partial charge in [-0.05, 0) is 25.0 Å². The second-order valence-corrected chi connectivity index (χ2v) is 5.76. The Kier molecular flexibility index (Phi) is 4.46. The molecule has 0 saturated heterocycles. The Labute approximate surface area is 96.4 Å². The number of aliphatic hydroxyl groups is 1. The molecule has 4 nitrogen and oxygen atoms in total. The number of sulfonamides is 1. The molecule has 0 bridgehead atoms. The monoisotopic (exact) mass is 243 g/mol. The van der Waals surface area contributed by atoms with Crippen LogP contribution in [0.15, 0.2) is 24.3 Å². The summed E-state index contributed by atoms with van der Waals surface area (Å²) in [5.74, 6) is -0.0309.